The Morgan fingerprint density at radius 1 is 1.25 bits per heavy atom. The second-order valence-corrected chi connectivity index (χ2v) is 7.64. The number of esters is 1. The van der Waals surface area contributed by atoms with Crippen LogP contribution in [0.2, 0.25) is 0 Å². The zero-order valence-corrected chi connectivity index (χ0v) is 17.0. The minimum absolute atomic E-state index is 0.0828. The number of aryl methyl sites for hydroxylation is 1. The van der Waals surface area contributed by atoms with E-state index in [1.807, 2.05) is 41.8 Å². The summed E-state index contributed by atoms with van der Waals surface area (Å²) in [4.78, 5) is 27.7. The molecular formula is C18H19N5O3S2. The molecule has 0 aliphatic heterocycles. The number of carbonyl (C=O) groups excluding carboxylic acids is 2. The molecule has 10 heteroatoms. The van der Waals surface area contributed by atoms with E-state index in [1.54, 1.807) is 5.38 Å². The second-order valence-electron chi connectivity index (χ2n) is 5.84. The fourth-order valence-corrected chi connectivity index (χ4v) is 3.88. The van der Waals surface area contributed by atoms with Gasteiger partial charge in [-0.3, -0.25) is 9.59 Å². The highest BCUT2D eigenvalue weighted by atomic mass is 32.2. The van der Waals surface area contributed by atoms with Crippen molar-refractivity contribution >= 4 is 40.1 Å². The van der Waals surface area contributed by atoms with Crippen molar-refractivity contribution in [1.29, 1.82) is 0 Å². The fourth-order valence-electron chi connectivity index (χ4n) is 2.37. The van der Waals surface area contributed by atoms with Gasteiger partial charge in [0.1, 0.15) is 5.82 Å². The van der Waals surface area contributed by atoms with Gasteiger partial charge in [-0.25, -0.2) is 4.98 Å². The number of benzene rings is 1. The van der Waals surface area contributed by atoms with Crippen LogP contribution in [0, 0.1) is 6.92 Å². The van der Waals surface area contributed by atoms with Gasteiger partial charge in [0.15, 0.2) is 10.3 Å². The molecule has 8 nitrogen and oxygen atoms in total. The van der Waals surface area contributed by atoms with E-state index in [0.29, 0.717) is 22.5 Å². The molecule has 0 unspecified atom stereocenters. The van der Waals surface area contributed by atoms with Gasteiger partial charge >= 0.3 is 5.97 Å². The average molecular weight is 418 g/mol. The second kappa shape index (κ2) is 9.47. The van der Waals surface area contributed by atoms with Crippen LogP contribution in [0.3, 0.4) is 0 Å². The minimum Gasteiger partial charge on any atom is -0.469 e. The zero-order valence-electron chi connectivity index (χ0n) is 15.4. The number of nitrogens with zero attached hydrogens (tertiary/aromatic N) is 4. The number of nitrogens with one attached hydrogen (secondary N) is 1. The van der Waals surface area contributed by atoms with Gasteiger partial charge < -0.3 is 14.6 Å². The molecule has 1 aromatic carbocycles. The van der Waals surface area contributed by atoms with Crippen molar-refractivity contribution in [2.45, 2.75) is 25.0 Å². The molecule has 0 atom stereocenters. The van der Waals surface area contributed by atoms with Crippen LogP contribution in [0.5, 0.6) is 0 Å². The Bertz CT molecular complexity index is 955. The lowest BCUT2D eigenvalue weighted by Crippen LogP contribution is -2.15. The Balaban J connectivity index is 1.56. The van der Waals surface area contributed by atoms with Crippen molar-refractivity contribution in [3.05, 3.63) is 52.8 Å². The Hall–Kier alpha value is -2.72. The topological polar surface area (TPSA) is 99.0 Å². The number of rotatable bonds is 8. The van der Waals surface area contributed by atoms with Gasteiger partial charge in [0.05, 0.1) is 31.5 Å². The highest BCUT2D eigenvalue weighted by Crippen LogP contribution is 2.20. The van der Waals surface area contributed by atoms with Crippen LogP contribution in [-0.2, 0) is 27.3 Å². The molecule has 2 aromatic heterocycles. The van der Waals surface area contributed by atoms with E-state index >= 15 is 0 Å². The first-order chi connectivity index (χ1) is 13.5. The maximum Gasteiger partial charge on any atom is 0.311 e. The number of anilines is 1. The third-order valence-electron chi connectivity index (χ3n) is 3.77. The molecule has 2 heterocycles. The van der Waals surface area contributed by atoms with Gasteiger partial charge in [-0.05, 0) is 12.5 Å². The zero-order chi connectivity index (χ0) is 19.9. The minimum atomic E-state index is -0.369. The number of thioether (sulfide) groups is 1. The summed E-state index contributed by atoms with van der Waals surface area (Å²) in [6, 6.07) is 10.0. The Morgan fingerprint density at radius 3 is 2.79 bits per heavy atom. The maximum absolute atomic E-state index is 12.2. The molecule has 1 amide bonds. The van der Waals surface area contributed by atoms with E-state index in [2.05, 4.69) is 25.2 Å². The molecular weight excluding hydrogens is 398 g/mol. The molecule has 0 fully saturated rings. The quantitative estimate of drug-likeness (QED) is 0.444. The van der Waals surface area contributed by atoms with E-state index in [9.17, 15) is 9.59 Å². The molecule has 3 aromatic rings. The lowest BCUT2D eigenvalue weighted by molar-refractivity contribution is -0.139. The molecule has 0 radical (unpaired) electrons. The molecule has 3 rings (SSSR count). The predicted octanol–water partition coefficient (Wildman–Crippen LogP) is 2.54. The van der Waals surface area contributed by atoms with E-state index in [4.69, 9.17) is 0 Å². The van der Waals surface area contributed by atoms with Crippen molar-refractivity contribution < 1.29 is 14.3 Å². The van der Waals surface area contributed by atoms with Crippen LogP contribution in [0.15, 0.2) is 40.9 Å². The maximum atomic E-state index is 12.2. The number of thiazole rings is 1. The number of ether oxygens (including phenoxy) is 1. The summed E-state index contributed by atoms with van der Waals surface area (Å²) in [6.07, 6.45) is 0.0828. The van der Waals surface area contributed by atoms with Gasteiger partial charge in [-0.2, -0.15) is 0 Å². The Labute approximate surface area is 170 Å². The van der Waals surface area contributed by atoms with Gasteiger partial charge in [-0.15, -0.1) is 21.5 Å². The lowest BCUT2D eigenvalue weighted by atomic mass is 10.2. The van der Waals surface area contributed by atoms with Gasteiger partial charge in [0, 0.05) is 5.38 Å². The molecule has 0 saturated heterocycles. The molecule has 0 bridgehead atoms. The van der Waals surface area contributed by atoms with E-state index in [0.717, 1.165) is 11.4 Å². The number of hydrogen-bond donors (Lipinski definition) is 1. The monoisotopic (exact) mass is 417 g/mol. The van der Waals surface area contributed by atoms with Crippen molar-refractivity contribution in [2.75, 3.05) is 18.2 Å². The third kappa shape index (κ3) is 5.40. The van der Waals surface area contributed by atoms with Crippen molar-refractivity contribution in [3.8, 4) is 0 Å². The summed E-state index contributed by atoms with van der Waals surface area (Å²) in [5, 5.41) is 13.9. The highest BCUT2D eigenvalue weighted by Gasteiger charge is 2.14. The standard InChI is InChI=1S/C18H19N5O3S2/c1-12-21-22-18(23(12)9-13-6-4-3-5-7-13)28-11-15(24)20-17-19-14(10-27-17)8-16(25)26-2/h3-7,10H,8-9,11H2,1-2H3,(H,19,20,24). The predicted molar refractivity (Wildman–Crippen MR) is 107 cm³/mol. The summed E-state index contributed by atoms with van der Waals surface area (Å²) in [6.45, 7) is 2.53. The van der Waals surface area contributed by atoms with E-state index in [-0.39, 0.29) is 24.1 Å². The van der Waals surface area contributed by atoms with Crippen LogP contribution in [0.25, 0.3) is 0 Å². The molecule has 28 heavy (non-hydrogen) atoms. The van der Waals surface area contributed by atoms with Crippen molar-refractivity contribution in [1.82, 2.24) is 19.7 Å². The van der Waals surface area contributed by atoms with Crippen LogP contribution in [0.1, 0.15) is 17.1 Å². The first kappa shape index (κ1) is 20.0. The summed E-state index contributed by atoms with van der Waals surface area (Å²) >= 11 is 2.58. The SMILES string of the molecule is COC(=O)Cc1csc(NC(=O)CSc2nnc(C)n2Cc2ccccc2)n1. The molecule has 146 valence electrons. The van der Waals surface area contributed by atoms with Crippen LogP contribution >= 0.6 is 23.1 Å². The summed E-state index contributed by atoms with van der Waals surface area (Å²) < 4.78 is 6.58. The van der Waals surface area contributed by atoms with Crippen molar-refractivity contribution in [3.63, 3.8) is 0 Å². The van der Waals surface area contributed by atoms with E-state index < -0.39 is 0 Å². The summed E-state index contributed by atoms with van der Waals surface area (Å²) in [5.41, 5.74) is 1.70. The average Bonchev–Trinajstić information content (AvgIpc) is 3.27. The number of methoxy groups -OCH3 is 1. The van der Waals surface area contributed by atoms with Gasteiger partial charge in [0.25, 0.3) is 0 Å². The fraction of sp³-hybridized carbons (Fsp3) is 0.278. The molecule has 0 aliphatic rings. The smallest absolute Gasteiger partial charge is 0.311 e. The van der Waals surface area contributed by atoms with Gasteiger partial charge in [-0.1, -0.05) is 42.1 Å². The van der Waals surface area contributed by atoms with Crippen LogP contribution in [-0.4, -0.2) is 44.5 Å². The van der Waals surface area contributed by atoms with Crippen molar-refractivity contribution in [2.24, 2.45) is 0 Å². The number of hydrogen-bond acceptors (Lipinski definition) is 8. The molecule has 0 saturated carbocycles. The summed E-state index contributed by atoms with van der Waals surface area (Å²) in [7, 11) is 1.33. The van der Waals surface area contributed by atoms with Gasteiger partial charge in [0.2, 0.25) is 5.91 Å². The normalized spacial score (nSPS) is 10.6. The first-order valence-electron chi connectivity index (χ1n) is 8.42. The molecule has 1 N–H and O–H groups in total. The Kier molecular flexibility index (Phi) is 6.77. The largest absolute Gasteiger partial charge is 0.469 e. The summed E-state index contributed by atoms with van der Waals surface area (Å²) in [5.74, 6) is 0.403. The first-order valence-corrected chi connectivity index (χ1v) is 10.3. The Morgan fingerprint density at radius 2 is 2.04 bits per heavy atom. The lowest BCUT2D eigenvalue weighted by Gasteiger charge is -2.08. The third-order valence-corrected chi connectivity index (χ3v) is 5.54. The number of amides is 1. The number of aromatic nitrogens is 4. The van der Waals surface area contributed by atoms with Crippen LogP contribution in [0.4, 0.5) is 5.13 Å². The van der Waals surface area contributed by atoms with E-state index in [1.165, 1.54) is 30.2 Å². The highest BCUT2D eigenvalue weighted by molar-refractivity contribution is 7.99. The molecule has 0 aliphatic carbocycles. The van der Waals surface area contributed by atoms with Crippen LogP contribution < -0.4 is 5.32 Å². The molecule has 0 spiro atoms. The number of carbonyl (C=O) groups is 2.